The fourth-order valence-corrected chi connectivity index (χ4v) is 2.54. The average Bonchev–Trinajstić information content (AvgIpc) is 2.53. The van der Waals surface area contributed by atoms with Crippen LogP contribution in [0.5, 0.6) is 5.75 Å². The minimum Gasteiger partial charge on any atom is -0.492 e. The SMILES string of the molecule is C=Nc1cc(C(N)=O)c(OC(C)C)cc1/C(=C\C)OCC1(C)COC1. The van der Waals surface area contributed by atoms with Gasteiger partial charge >= 0.3 is 0 Å². The van der Waals surface area contributed by atoms with Crippen LogP contribution in [0.4, 0.5) is 5.69 Å². The Bertz CT molecular complexity index is 691. The Balaban J connectivity index is 2.39. The third kappa shape index (κ3) is 4.39. The van der Waals surface area contributed by atoms with Gasteiger partial charge in [-0.1, -0.05) is 6.92 Å². The highest BCUT2D eigenvalue weighted by Gasteiger charge is 2.34. The highest BCUT2D eigenvalue weighted by molar-refractivity contribution is 5.97. The molecule has 0 atom stereocenters. The Morgan fingerprint density at radius 2 is 2.12 bits per heavy atom. The van der Waals surface area contributed by atoms with Crippen LogP contribution in [0.2, 0.25) is 0 Å². The van der Waals surface area contributed by atoms with Crippen LogP contribution in [-0.2, 0) is 9.47 Å². The molecule has 1 aliphatic heterocycles. The highest BCUT2D eigenvalue weighted by Crippen LogP contribution is 2.36. The van der Waals surface area contributed by atoms with Gasteiger partial charge in [-0.15, -0.1) is 0 Å². The van der Waals surface area contributed by atoms with E-state index in [4.69, 9.17) is 19.9 Å². The lowest BCUT2D eigenvalue weighted by molar-refractivity contribution is -0.124. The summed E-state index contributed by atoms with van der Waals surface area (Å²) in [6.45, 7) is 13.2. The Kier molecular flexibility index (Phi) is 5.85. The Hall–Kier alpha value is -2.34. The molecule has 0 aromatic heterocycles. The third-order valence-electron chi connectivity index (χ3n) is 3.90. The number of amides is 1. The number of ether oxygens (including phenoxy) is 3. The minimum atomic E-state index is -0.575. The van der Waals surface area contributed by atoms with Crippen LogP contribution in [0.15, 0.2) is 23.2 Å². The second-order valence-electron chi connectivity index (χ2n) is 6.80. The zero-order chi connectivity index (χ0) is 18.6. The Labute approximate surface area is 148 Å². The molecule has 1 aromatic carbocycles. The number of nitrogens with two attached hydrogens (primary N) is 1. The second kappa shape index (κ2) is 7.70. The molecule has 1 aromatic rings. The van der Waals surface area contributed by atoms with Crippen molar-refractivity contribution in [3.63, 3.8) is 0 Å². The van der Waals surface area contributed by atoms with Gasteiger partial charge in [0.25, 0.3) is 5.91 Å². The predicted molar refractivity (Wildman–Crippen MR) is 98.5 cm³/mol. The largest absolute Gasteiger partial charge is 0.492 e. The van der Waals surface area contributed by atoms with Gasteiger partial charge in [0, 0.05) is 11.0 Å². The lowest BCUT2D eigenvalue weighted by atomic mass is 9.90. The summed E-state index contributed by atoms with van der Waals surface area (Å²) in [5.41, 5.74) is 6.99. The van der Waals surface area contributed by atoms with Crippen molar-refractivity contribution in [1.29, 1.82) is 0 Å². The number of carbonyl (C=O) groups is 1. The van der Waals surface area contributed by atoms with Crippen LogP contribution in [0.25, 0.3) is 5.76 Å². The number of hydrogen-bond acceptors (Lipinski definition) is 5. The molecule has 0 radical (unpaired) electrons. The molecule has 0 bridgehead atoms. The second-order valence-corrected chi connectivity index (χ2v) is 6.80. The highest BCUT2D eigenvalue weighted by atomic mass is 16.5. The molecule has 25 heavy (non-hydrogen) atoms. The number of allylic oxidation sites excluding steroid dienone is 1. The van der Waals surface area contributed by atoms with Crippen molar-refractivity contribution < 1.29 is 19.0 Å². The van der Waals surface area contributed by atoms with E-state index >= 15 is 0 Å². The van der Waals surface area contributed by atoms with E-state index in [9.17, 15) is 4.79 Å². The van der Waals surface area contributed by atoms with Crippen molar-refractivity contribution in [2.45, 2.75) is 33.8 Å². The summed E-state index contributed by atoms with van der Waals surface area (Å²) in [5, 5.41) is 0. The summed E-state index contributed by atoms with van der Waals surface area (Å²) in [4.78, 5) is 15.8. The molecule has 2 N–H and O–H groups in total. The number of carbonyl (C=O) groups excluding carboxylic acids is 1. The fourth-order valence-electron chi connectivity index (χ4n) is 2.54. The van der Waals surface area contributed by atoms with Gasteiger partial charge in [-0.05, 0) is 45.7 Å². The summed E-state index contributed by atoms with van der Waals surface area (Å²) >= 11 is 0. The van der Waals surface area contributed by atoms with Gasteiger partial charge < -0.3 is 19.9 Å². The van der Waals surface area contributed by atoms with Crippen LogP contribution in [0, 0.1) is 5.41 Å². The van der Waals surface area contributed by atoms with Crippen molar-refractivity contribution >= 4 is 24.1 Å². The maximum Gasteiger partial charge on any atom is 0.252 e. The minimum absolute atomic E-state index is 0.0143. The lowest BCUT2D eigenvalue weighted by Gasteiger charge is -2.37. The lowest BCUT2D eigenvalue weighted by Crippen LogP contribution is -2.43. The average molecular weight is 346 g/mol. The maximum atomic E-state index is 11.7. The normalized spacial score (nSPS) is 16.3. The van der Waals surface area contributed by atoms with E-state index in [0.29, 0.717) is 42.6 Å². The zero-order valence-corrected chi connectivity index (χ0v) is 15.3. The van der Waals surface area contributed by atoms with Crippen molar-refractivity contribution in [3.05, 3.63) is 29.3 Å². The molecule has 1 heterocycles. The number of aliphatic imine (C=N–C) groups is 1. The van der Waals surface area contributed by atoms with Crippen molar-refractivity contribution in [1.82, 2.24) is 0 Å². The molecule has 0 saturated carbocycles. The van der Waals surface area contributed by atoms with E-state index in [1.165, 1.54) is 0 Å². The van der Waals surface area contributed by atoms with Gasteiger partial charge in [-0.3, -0.25) is 9.79 Å². The first-order valence-electron chi connectivity index (χ1n) is 8.28. The van der Waals surface area contributed by atoms with E-state index in [-0.39, 0.29) is 17.1 Å². The fraction of sp³-hybridized carbons (Fsp3) is 0.474. The molecule has 1 fully saturated rings. The van der Waals surface area contributed by atoms with Crippen molar-refractivity contribution in [2.24, 2.45) is 16.1 Å². The molecule has 1 amide bonds. The molecular formula is C19H26N2O4. The van der Waals surface area contributed by atoms with E-state index in [1.807, 2.05) is 26.8 Å². The quantitative estimate of drug-likeness (QED) is 0.578. The van der Waals surface area contributed by atoms with Crippen LogP contribution < -0.4 is 10.5 Å². The summed E-state index contributed by atoms with van der Waals surface area (Å²) < 4.78 is 17.0. The first-order chi connectivity index (χ1) is 11.8. The van der Waals surface area contributed by atoms with Gasteiger partial charge in [-0.25, -0.2) is 0 Å². The van der Waals surface area contributed by atoms with Crippen LogP contribution in [-0.4, -0.2) is 38.5 Å². The van der Waals surface area contributed by atoms with E-state index in [1.54, 1.807) is 12.1 Å². The van der Waals surface area contributed by atoms with Gasteiger partial charge in [0.1, 0.15) is 11.5 Å². The molecule has 6 heteroatoms. The number of rotatable bonds is 8. The van der Waals surface area contributed by atoms with E-state index in [0.717, 1.165) is 0 Å². The predicted octanol–water partition coefficient (Wildman–Crippen LogP) is 3.32. The van der Waals surface area contributed by atoms with Gasteiger partial charge in [0.2, 0.25) is 0 Å². The van der Waals surface area contributed by atoms with Crippen molar-refractivity contribution in [2.75, 3.05) is 19.8 Å². The molecule has 0 aliphatic carbocycles. The standard InChI is InChI=1S/C19H26N2O4/c1-6-16(24-11-19(4)9-23-10-19)13-8-17(25-12(2)3)14(18(20)22)7-15(13)21-5/h6-8,12H,5,9-11H2,1-4H3,(H2,20,22)/b16-6+. The molecule has 1 saturated heterocycles. The smallest absolute Gasteiger partial charge is 0.252 e. The number of hydrogen-bond donors (Lipinski definition) is 1. The van der Waals surface area contributed by atoms with Gasteiger partial charge in [-0.2, -0.15) is 0 Å². The van der Waals surface area contributed by atoms with Crippen LogP contribution in [0.3, 0.4) is 0 Å². The monoisotopic (exact) mass is 346 g/mol. The van der Waals surface area contributed by atoms with E-state index in [2.05, 4.69) is 18.6 Å². The summed E-state index contributed by atoms with van der Waals surface area (Å²) in [6.07, 6.45) is 1.75. The molecular weight excluding hydrogens is 320 g/mol. The molecule has 0 spiro atoms. The first kappa shape index (κ1) is 19.0. The Morgan fingerprint density at radius 3 is 2.56 bits per heavy atom. The maximum absolute atomic E-state index is 11.7. The number of benzene rings is 1. The summed E-state index contributed by atoms with van der Waals surface area (Å²) in [7, 11) is 0. The zero-order valence-electron chi connectivity index (χ0n) is 15.3. The Morgan fingerprint density at radius 1 is 1.44 bits per heavy atom. The topological polar surface area (TPSA) is 83.1 Å². The van der Waals surface area contributed by atoms with E-state index < -0.39 is 5.91 Å². The van der Waals surface area contributed by atoms with Gasteiger partial charge in [0.05, 0.1) is 37.2 Å². The molecule has 0 unspecified atom stereocenters. The van der Waals surface area contributed by atoms with Crippen LogP contribution >= 0.6 is 0 Å². The molecule has 1 aliphatic rings. The van der Waals surface area contributed by atoms with Crippen molar-refractivity contribution in [3.8, 4) is 5.75 Å². The third-order valence-corrected chi connectivity index (χ3v) is 3.90. The summed E-state index contributed by atoms with van der Waals surface area (Å²) in [5.74, 6) is 0.486. The molecule has 136 valence electrons. The van der Waals surface area contributed by atoms with Gasteiger partial charge in [0.15, 0.2) is 0 Å². The molecule has 2 rings (SSSR count). The number of primary amides is 1. The number of nitrogens with zero attached hydrogens (tertiary/aromatic N) is 1. The first-order valence-corrected chi connectivity index (χ1v) is 8.28. The molecule has 6 nitrogen and oxygen atoms in total. The summed E-state index contributed by atoms with van der Waals surface area (Å²) in [6, 6.07) is 3.32. The van der Waals surface area contributed by atoms with Crippen LogP contribution in [0.1, 0.15) is 43.6 Å².